The Bertz CT molecular complexity index is 1280. The summed E-state index contributed by atoms with van der Waals surface area (Å²) in [7, 11) is 0. The highest BCUT2D eigenvalue weighted by Crippen LogP contribution is 2.37. The highest BCUT2D eigenvalue weighted by molar-refractivity contribution is 7.16. The average Bonchev–Trinajstić information content (AvgIpc) is 3.43. The predicted octanol–water partition coefficient (Wildman–Crippen LogP) is 4.88. The lowest BCUT2D eigenvalue weighted by atomic mass is 10.0. The SMILES string of the molecule is NC1CCCN(c2c(NC(=O)c3csc(-c4c(F)cccc4F)n3)cnc3sccc23)C1. The number of fused-ring (bicyclic) bond motifs is 1. The van der Waals surface area contributed by atoms with Crippen molar-refractivity contribution in [2.75, 3.05) is 23.3 Å². The maximum atomic E-state index is 14.1. The van der Waals surface area contributed by atoms with Crippen molar-refractivity contribution in [2.45, 2.75) is 18.9 Å². The van der Waals surface area contributed by atoms with Crippen LogP contribution in [0.2, 0.25) is 0 Å². The van der Waals surface area contributed by atoms with Gasteiger partial charge in [0.2, 0.25) is 0 Å². The van der Waals surface area contributed by atoms with E-state index in [2.05, 4.69) is 20.2 Å². The number of pyridine rings is 1. The van der Waals surface area contributed by atoms with Crippen LogP contribution >= 0.6 is 22.7 Å². The molecule has 1 fully saturated rings. The van der Waals surface area contributed by atoms with Crippen molar-refractivity contribution in [1.29, 1.82) is 0 Å². The zero-order valence-electron chi connectivity index (χ0n) is 16.8. The topological polar surface area (TPSA) is 84.1 Å². The molecule has 0 spiro atoms. The first-order chi connectivity index (χ1) is 15.5. The number of piperidine rings is 1. The highest BCUT2D eigenvalue weighted by Gasteiger charge is 2.24. The Labute approximate surface area is 190 Å². The summed E-state index contributed by atoms with van der Waals surface area (Å²) in [6.07, 6.45) is 3.56. The molecule has 4 aromatic rings. The van der Waals surface area contributed by atoms with Crippen LogP contribution in [0.5, 0.6) is 0 Å². The van der Waals surface area contributed by atoms with Crippen LogP contribution in [0.4, 0.5) is 20.2 Å². The molecule has 0 saturated carbocycles. The van der Waals surface area contributed by atoms with Gasteiger partial charge in [-0.1, -0.05) is 6.07 Å². The maximum Gasteiger partial charge on any atom is 0.275 e. The molecule has 1 atom stereocenters. The molecule has 164 valence electrons. The van der Waals surface area contributed by atoms with Crippen LogP contribution in [-0.2, 0) is 0 Å². The Morgan fingerprint density at radius 2 is 2.03 bits per heavy atom. The molecule has 5 rings (SSSR count). The summed E-state index contributed by atoms with van der Waals surface area (Å²) < 4.78 is 28.2. The molecule has 32 heavy (non-hydrogen) atoms. The molecule has 4 heterocycles. The summed E-state index contributed by atoms with van der Waals surface area (Å²) in [6.45, 7) is 1.52. The number of benzene rings is 1. The zero-order valence-corrected chi connectivity index (χ0v) is 18.5. The second-order valence-electron chi connectivity index (χ2n) is 7.60. The number of rotatable bonds is 4. The Kier molecular flexibility index (Phi) is 5.58. The number of nitrogens with one attached hydrogen (secondary N) is 1. The Morgan fingerprint density at radius 1 is 1.22 bits per heavy atom. The minimum absolute atomic E-state index is 0.0610. The van der Waals surface area contributed by atoms with Crippen LogP contribution < -0.4 is 16.0 Å². The lowest BCUT2D eigenvalue weighted by Gasteiger charge is -2.34. The monoisotopic (exact) mass is 471 g/mol. The van der Waals surface area contributed by atoms with Gasteiger partial charge in [-0.3, -0.25) is 4.79 Å². The van der Waals surface area contributed by atoms with E-state index in [1.165, 1.54) is 22.8 Å². The normalized spacial score (nSPS) is 16.5. The molecule has 10 heteroatoms. The van der Waals surface area contributed by atoms with Crippen molar-refractivity contribution in [3.63, 3.8) is 0 Å². The number of amides is 1. The fourth-order valence-electron chi connectivity index (χ4n) is 3.94. The number of nitrogens with zero attached hydrogens (tertiary/aromatic N) is 3. The van der Waals surface area contributed by atoms with Crippen molar-refractivity contribution in [2.24, 2.45) is 5.73 Å². The first-order valence-electron chi connectivity index (χ1n) is 10.1. The molecule has 1 aromatic carbocycles. The van der Waals surface area contributed by atoms with Crippen LogP contribution in [0.15, 0.2) is 41.2 Å². The maximum absolute atomic E-state index is 14.1. The second-order valence-corrected chi connectivity index (χ2v) is 9.35. The number of nitrogens with two attached hydrogens (primary N) is 1. The van der Waals surface area contributed by atoms with Crippen LogP contribution in [0, 0.1) is 11.6 Å². The van der Waals surface area contributed by atoms with E-state index >= 15 is 0 Å². The van der Waals surface area contributed by atoms with E-state index in [4.69, 9.17) is 5.73 Å². The van der Waals surface area contributed by atoms with Crippen molar-refractivity contribution >= 4 is 50.2 Å². The zero-order chi connectivity index (χ0) is 22.2. The molecule has 1 aliphatic heterocycles. The van der Waals surface area contributed by atoms with Gasteiger partial charge in [0.25, 0.3) is 5.91 Å². The summed E-state index contributed by atoms with van der Waals surface area (Å²) in [5.74, 6) is -1.91. The van der Waals surface area contributed by atoms with Gasteiger partial charge in [-0.25, -0.2) is 18.7 Å². The molecular weight excluding hydrogens is 452 g/mol. The lowest BCUT2D eigenvalue weighted by Crippen LogP contribution is -2.43. The molecule has 0 radical (unpaired) electrons. The van der Waals surface area contributed by atoms with Gasteiger partial charge in [0.15, 0.2) is 0 Å². The smallest absolute Gasteiger partial charge is 0.275 e. The van der Waals surface area contributed by atoms with Crippen LogP contribution in [0.1, 0.15) is 23.3 Å². The highest BCUT2D eigenvalue weighted by atomic mass is 32.1. The van der Waals surface area contributed by atoms with Gasteiger partial charge in [-0.2, -0.15) is 0 Å². The van der Waals surface area contributed by atoms with E-state index in [0.29, 0.717) is 12.2 Å². The Balaban J connectivity index is 1.47. The van der Waals surface area contributed by atoms with E-state index in [1.54, 1.807) is 6.20 Å². The predicted molar refractivity (Wildman–Crippen MR) is 124 cm³/mol. The quantitative estimate of drug-likeness (QED) is 0.443. The van der Waals surface area contributed by atoms with E-state index in [9.17, 15) is 13.6 Å². The standard InChI is InChI=1S/C22H19F2N5OS2/c23-14-4-1-5-15(24)18(14)22-28-17(11-32-22)20(30)27-16-9-26-21-13(6-8-31-21)19(16)29-7-2-3-12(25)10-29/h1,4-6,8-9,11-12H,2-3,7,10,25H2,(H,27,30). The third-order valence-corrected chi connectivity index (χ3v) is 7.08. The first-order valence-corrected chi connectivity index (χ1v) is 11.8. The van der Waals surface area contributed by atoms with Gasteiger partial charge < -0.3 is 16.0 Å². The summed E-state index contributed by atoms with van der Waals surface area (Å²) in [5.41, 5.74) is 7.48. The Hall–Kier alpha value is -2.95. The molecule has 1 unspecified atom stereocenters. The van der Waals surface area contributed by atoms with Gasteiger partial charge in [0.1, 0.15) is 27.2 Å². The number of carbonyl (C=O) groups excluding carboxylic acids is 1. The van der Waals surface area contributed by atoms with Crippen molar-refractivity contribution < 1.29 is 13.6 Å². The first kappa shape index (κ1) is 20.9. The number of hydrogen-bond donors (Lipinski definition) is 2. The summed E-state index contributed by atoms with van der Waals surface area (Å²) in [6, 6.07) is 5.66. The summed E-state index contributed by atoms with van der Waals surface area (Å²) in [4.78, 5) is 24.7. The van der Waals surface area contributed by atoms with Crippen molar-refractivity contribution in [3.8, 4) is 10.6 Å². The molecule has 6 nitrogen and oxygen atoms in total. The minimum atomic E-state index is -0.720. The molecule has 3 N–H and O–H groups in total. The van der Waals surface area contributed by atoms with Crippen LogP contribution in [0.25, 0.3) is 20.8 Å². The molecule has 0 aliphatic carbocycles. The van der Waals surface area contributed by atoms with E-state index < -0.39 is 17.5 Å². The fraction of sp³-hybridized carbons (Fsp3) is 0.227. The second kappa shape index (κ2) is 8.53. The number of hydrogen-bond acceptors (Lipinski definition) is 7. The van der Waals surface area contributed by atoms with Crippen LogP contribution in [-0.4, -0.2) is 35.0 Å². The van der Waals surface area contributed by atoms with Crippen molar-refractivity contribution in [3.05, 3.63) is 58.6 Å². The minimum Gasteiger partial charge on any atom is -0.368 e. The van der Waals surface area contributed by atoms with Gasteiger partial charge in [0, 0.05) is 29.9 Å². The molecule has 3 aromatic heterocycles. The molecular formula is C22H19F2N5OS2. The van der Waals surface area contributed by atoms with Gasteiger partial charge in [-0.05, 0) is 36.4 Å². The van der Waals surface area contributed by atoms with Crippen LogP contribution in [0.3, 0.4) is 0 Å². The molecule has 1 amide bonds. The third-order valence-electron chi connectivity index (χ3n) is 5.40. The number of anilines is 2. The average molecular weight is 472 g/mol. The third kappa shape index (κ3) is 3.85. The van der Waals surface area contributed by atoms with E-state index in [0.717, 1.165) is 58.8 Å². The van der Waals surface area contributed by atoms with Gasteiger partial charge in [-0.15, -0.1) is 22.7 Å². The molecule has 1 aliphatic rings. The molecule has 1 saturated heterocycles. The number of carbonyl (C=O) groups is 1. The number of halogens is 2. The fourth-order valence-corrected chi connectivity index (χ4v) is 5.52. The van der Waals surface area contributed by atoms with Gasteiger partial charge in [0.05, 0.1) is 23.1 Å². The number of thiazole rings is 1. The number of aromatic nitrogens is 2. The Morgan fingerprint density at radius 3 is 2.81 bits per heavy atom. The van der Waals surface area contributed by atoms with E-state index in [-0.39, 0.29) is 22.3 Å². The number of thiophene rings is 1. The van der Waals surface area contributed by atoms with Crippen molar-refractivity contribution in [1.82, 2.24) is 9.97 Å². The summed E-state index contributed by atoms with van der Waals surface area (Å²) in [5, 5.41) is 7.41. The van der Waals surface area contributed by atoms with E-state index in [1.807, 2.05) is 11.4 Å². The summed E-state index contributed by atoms with van der Waals surface area (Å²) >= 11 is 2.54. The lowest BCUT2D eigenvalue weighted by molar-refractivity contribution is 0.102. The van der Waals surface area contributed by atoms with Gasteiger partial charge >= 0.3 is 0 Å². The largest absolute Gasteiger partial charge is 0.368 e. The molecule has 0 bridgehead atoms.